The van der Waals surface area contributed by atoms with Crippen molar-refractivity contribution < 1.29 is 18.3 Å². The maximum Gasteiger partial charge on any atom is 0.223 e. The standard InChI is InChI=1S/C25H28FN3O3/c1-31-22-9-3-19(4-10-22)18-28-13-2-14-29(16-15-28)25(30)12-11-24-27-17-23(32-24)20-5-7-21(26)8-6-20/h3-10,17H,2,11-16,18H2,1H3. The topological polar surface area (TPSA) is 58.8 Å². The fourth-order valence-corrected chi connectivity index (χ4v) is 3.91. The number of nitrogens with zero attached hydrogens (tertiary/aromatic N) is 3. The van der Waals surface area contributed by atoms with Gasteiger partial charge in [0.2, 0.25) is 5.91 Å². The van der Waals surface area contributed by atoms with Gasteiger partial charge in [-0.05, 0) is 48.4 Å². The van der Waals surface area contributed by atoms with Crippen LogP contribution in [0.3, 0.4) is 0 Å². The largest absolute Gasteiger partial charge is 0.497 e. The number of hydrogen-bond donors (Lipinski definition) is 0. The Hall–Kier alpha value is -3.19. The molecule has 0 atom stereocenters. The summed E-state index contributed by atoms with van der Waals surface area (Å²) in [6, 6.07) is 14.2. The summed E-state index contributed by atoms with van der Waals surface area (Å²) in [5, 5.41) is 0. The van der Waals surface area contributed by atoms with Crippen LogP contribution < -0.4 is 4.74 Å². The first-order chi connectivity index (χ1) is 15.6. The maximum absolute atomic E-state index is 13.1. The van der Waals surface area contributed by atoms with E-state index >= 15 is 0 Å². The Kier molecular flexibility index (Phi) is 7.17. The highest BCUT2D eigenvalue weighted by Gasteiger charge is 2.20. The molecule has 7 heteroatoms. The Bertz CT molecular complexity index is 1020. The van der Waals surface area contributed by atoms with Crippen LogP contribution in [0.5, 0.6) is 5.75 Å². The van der Waals surface area contributed by atoms with Gasteiger partial charge in [-0.3, -0.25) is 9.69 Å². The number of hydrogen-bond acceptors (Lipinski definition) is 5. The summed E-state index contributed by atoms with van der Waals surface area (Å²) < 4.78 is 24.1. The quantitative estimate of drug-likeness (QED) is 0.556. The minimum atomic E-state index is -0.292. The van der Waals surface area contributed by atoms with Crippen molar-refractivity contribution in [3.05, 3.63) is 72.0 Å². The van der Waals surface area contributed by atoms with Crippen LogP contribution in [0.4, 0.5) is 4.39 Å². The van der Waals surface area contributed by atoms with Gasteiger partial charge < -0.3 is 14.1 Å². The normalized spacial score (nSPS) is 14.9. The molecule has 2 heterocycles. The Morgan fingerprint density at radius 2 is 1.84 bits per heavy atom. The van der Waals surface area contributed by atoms with Crippen LogP contribution in [0.1, 0.15) is 24.3 Å². The smallest absolute Gasteiger partial charge is 0.223 e. The molecule has 0 spiro atoms. The molecule has 0 radical (unpaired) electrons. The molecule has 0 bridgehead atoms. The molecule has 1 aliphatic rings. The van der Waals surface area contributed by atoms with Crippen molar-refractivity contribution >= 4 is 5.91 Å². The second-order valence-electron chi connectivity index (χ2n) is 7.98. The number of aromatic nitrogens is 1. The summed E-state index contributed by atoms with van der Waals surface area (Å²) in [5.41, 5.74) is 2.01. The van der Waals surface area contributed by atoms with Gasteiger partial charge in [-0.1, -0.05) is 12.1 Å². The molecule has 4 rings (SSSR count). The third-order valence-corrected chi connectivity index (χ3v) is 5.74. The highest BCUT2D eigenvalue weighted by molar-refractivity contribution is 5.76. The number of halogens is 1. The Labute approximate surface area is 187 Å². The number of aryl methyl sites for hydroxylation is 1. The van der Waals surface area contributed by atoms with Gasteiger partial charge in [-0.15, -0.1) is 0 Å². The van der Waals surface area contributed by atoms with Gasteiger partial charge in [0.1, 0.15) is 11.6 Å². The second-order valence-corrected chi connectivity index (χ2v) is 7.98. The van der Waals surface area contributed by atoms with Gasteiger partial charge in [0, 0.05) is 51.1 Å². The zero-order valence-corrected chi connectivity index (χ0v) is 18.3. The molecule has 1 saturated heterocycles. The van der Waals surface area contributed by atoms with Gasteiger partial charge in [0.05, 0.1) is 13.3 Å². The van der Waals surface area contributed by atoms with Crippen LogP contribution in [0.2, 0.25) is 0 Å². The Morgan fingerprint density at radius 1 is 1.06 bits per heavy atom. The van der Waals surface area contributed by atoms with Crippen molar-refractivity contribution in [2.75, 3.05) is 33.3 Å². The number of methoxy groups -OCH3 is 1. The summed E-state index contributed by atoms with van der Waals surface area (Å²) in [4.78, 5) is 21.4. The zero-order chi connectivity index (χ0) is 22.3. The van der Waals surface area contributed by atoms with Crippen molar-refractivity contribution in [3.63, 3.8) is 0 Å². The van der Waals surface area contributed by atoms with Gasteiger partial charge in [0.25, 0.3) is 0 Å². The van der Waals surface area contributed by atoms with E-state index in [1.807, 2.05) is 17.0 Å². The molecule has 1 aliphatic heterocycles. The first kappa shape index (κ1) is 22.0. The lowest BCUT2D eigenvalue weighted by atomic mass is 10.2. The number of oxazole rings is 1. The predicted octanol–water partition coefficient (Wildman–Crippen LogP) is 4.16. The van der Waals surface area contributed by atoms with Gasteiger partial charge in [-0.2, -0.15) is 0 Å². The molecule has 1 amide bonds. The fraction of sp³-hybridized carbons (Fsp3) is 0.360. The Morgan fingerprint density at radius 3 is 2.59 bits per heavy atom. The van der Waals surface area contributed by atoms with Crippen molar-refractivity contribution in [1.29, 1.82) is 0 Å². The first-order valence-corrected chi connectivity index (χ1v) is 10.9. The summed E-state index contributed by atoms with van der Waals surface area (Å²) >= 11 is 0. The lowest BCUT2D eigenvalue weighted by Crippen LogP contribution is -2.35. The summed E-state index contributed by atoms with van der Waals surface area (Å²) in [5.74, 6) is 1.79. The molecule has 0 aliphatic carbocycles. The van der Waals surface area contributed by atoms with E-state index in [1.165, 1.54) is 17.7 Å². The lowest BCUT2D eigenvalue weighted by molar-refractivity contribution is -0.131. The third kappa shape index (κ3) is 5.73. The third-order valence-electron chi connectivity index (χ3n) is 5.74. The van der Waals surface area contributed by atoms with Crippen molar-refractivity contribution in [2.24, 2.45) is 0 Å². The summed E-state index contributed by atoms with van der Waals surface area (Å²) in [6.45, 7) is 4.18. The number of benzene rings is 2. The molecule has 0 saturated carbocycles. The molecule has 0 unspecified atom stereocenters. The molecule has 32 heavy (non-hydrogen) atoms. The second kappa shape index (κ2) is 10.4. The van der Waals surface area contributed by atoms with Crippen LogP contribution >= 0.6 is 0 Å². The van der Waals surface area contributed by atoms with E-state index < -0.39 is 0 Å². The van der Waals surface area contributed by atoms with E-state index in [0.717, 1.165) is 50.5 Å². The van der Waals surface area contributed by atoms with Crippen LogP contribution in [0, 0.1) is 5.82 Å². The van der Waals surface area contributed by atoms with Crippen LogP contribution in [0.15, 0.2) is 59.1 Å². The van der Waals surface area contributed by atoms with E-state index in [0.29, 0.717) is 24.5 Å². The van der Waals surface area contributed by atoms with Crippen LogP contribution in [-0.2, 0) is 17.8 Å². The van der Waals surface area contributed by atoms with E-state index in [9.17, 15) is 9.18 Å². The lowest BCUT2D eigenvalue weighted by Gasteiger charge is -2.22. The molecule has 1 aromatic heterocycles. The number of carbonyl (C=O) groups is 1. The number of carbonyl (C=O) groups excluding carboxylic acids is 1. The SMILES string of the molecule is COc1ccc(CN2CCCN(C(=O)CCc3ncc(-c4ccc(F)cc4)o3)CC2)cc1. The van der Waals surface area contributed by atoms with E-state index in [1.54, 1.807) is 25.4 Å². The number of amides is 1. The van der Waals surface area contributed by atoms with Gasteiger partial charge >= 0.3 is 0 Å². The van der Waals surface area contributed by atoms with Crippen molar-refractivity contribution in [2.45, 2.75) is 25.8 Å². The van der Waals surface area contributed by atoms with E-state index in [-0.39, 0.29) is 11.7 Å². The Balaban J connectivity index is 1.25. The molecule has 6 nitrogen and oxygen atoms in total. The monoisotopic (exact) mass is 437 g/mol. The van der Waals surface area contributed by atoms with Gasteiger partial charge in [-0.25, -0.2) is 9.37 Å². The molecule has 1 fully saturated rings. The molecule has 0 N–H and O–H groups in total. The van der Waals surface area contributed by atoms with Crippen molar-refractivity contribution in [1.82, 2.24) is 14.8 Å². The molecule has 2 aromatic carbocycles. The summed E-state index contributed by atoms with van der Waals surface area (Å²) in [6.07, 6.45) is 3.39. The van der Waals surface area contributed by atoms with Crippen LogP contribution in [-0.4, -0.2) is 54.0 Å². The first-order valence-electron chi connectivity index (χ1n) is 10.9. The molecular formula is C25H28FN3O3. The number of rotatable bonds is 7. The van der Waals surface area contributed by atoms with E-state index in [4.69, 9.17) is 9.15 Å². The maximum atomic E-state index is 13.1. The minimum absolute atomic E-state index is 0.123. The summed E-state index contributed by atoms with van der Waals surface area (Å²) in [7, 11) is 1.67. The average Bonchev–Trinajstić information content (AvgIpc) is 3.17. The molecule has 168 valence electrons. The van der Waals surface area contributed by atoms with E-state index in [2.05, 4.69) is 22.0 Å². The van der Waals surface area contributed by atoms with Gasteiger partial charge in [0.15, 0.2) is 11.7 Å². The number of ether oxygens (including phenoxy) is 1. The highest BCUT2D eigenvalue weighted by atomic mass is 19.1. The van der Waals surface area contributed by atoms with Crippen LogP contribution in [0.25, 0.3) is 11.3 Å². The van der Waals surface area contributed by atoms with Crippen molar-refractivity contribution in [3.8, 4) is 17.1 Å². The molecular weight excluding hydrogens is 409 g/mol. The predicted molar refractivity (Wildman–Crippen MR) is 120 cm³/mol. The fourth-order valence-electron chi connectivity index (χ4n) is 3.91. The average molecular weight is 438 g/mol. The zero-order valence-electron chi connectivity index (χ0n) is 18.3. The highest BCUT2D eigenvalue weighted by Crippen LogP contribution is 2.21. The molecule has 3 aromatic rings. The minimum Gasteiger partial charge on any atom is -0.497 e.